The summed E-state index contributed by atoms with van der Waals surface area (Å²) in [6.45, 7) is 0. The lowest BCUT2D eigenvalue weighted by atomic mass is 10.2. The molecular weight excluding hydrogens is 243 g/mol. The third-order valence-electron chi connectivity index (χ3n) is 2.31. The van der Waals surface area contributed by atoms with E-state index in [1.54, 1.807) is 0 Å². The summed E-state index contributed by atoms with van der Waals surface area (Å²) in [5.41, 5.74) is 0.589. The topological polar surface area (TPSA) is 70.0 Å². The average molecular weight is 252 g/mol. The number of nitrogens with one attached hydrogen (secondary N) is 1. The number of hydrogen-bond donors (Lipinski definition) is 1. The number of rotatable bonds is 2. The maximum atomic E-state index is 13.1. The molecule has 1 aliphatic heterocycles. The molecule has 0 amide bonds. The van der Waals surface area contributed by atoms with Gasteiger partial charge in [-0.05, 0) is 18.2 Å². The Bertz CT molecular complexity index is 617. The number of nitrogens with zero attached hydrogens (tertiary/aromatic N) is 1. The maximum absolute atomic E-state index is 13.1. The number of nitriles is 1. The molecule has 0 radical (unpaired) electrons. The molecule has 6 heteroatoms. The smallest absolute Gasteiger partial charge is 0.173 e. The minimum Gasteiger partial charge on any atom is -0.378 e. The van der Waals surface area contributed by atoms with Gasteiger partial charge in [0, 0.05) is 11.1 Å². The third kappa shape index (κ3) is 2.82. The molecule has 0 bridgehead atoms. The Labute approximate surface area is 98.3 Å². The number of anilines is 1. The molecular formula is C11H9FN2O2S. The Balaban J connectivity index is 2.18. The van der Waals surface area contributed by atoms with Crippen molar-refractivity contribution in [1.82, 2.24) is 0 Å². The van der Waals surface area contributed by atoms with E-state index in [1.807, 2.05) is 6.07 Å². The number of benzene rings is 1. The first-order chi connectivity index (χ1) is 7.98. The van der Waals surface area contributed by atoms with Crippen LogP contribution in [0, 0.1) is 17.1 Å². The first-order valence-corrected chi connectivity index (χ1v) is 6.58. The zero-order chi connectivity index (χ0) is 12.5. The fourth-order valence-corrected chi connectivity index (χ4v) is 2.85. The molecule has 0 saturated carbocycles. The molecule has 1 aromatic rings. The van der Waals surface area contributed by atoms with E-state index in [2.05, 4.69) is 5.32 Å². The second-order valence-electron chi connectivity index (χ2n) is 3.75. The fourth-order valence-electron chi connectivity index (χ4n) is 1.62. The van der Waals surface area contributed by atoms with Crippen LogP contribution in [0.3, 0.4) is 0 Å². The summed E-state index contributed by atoms with van der Waals surface area (Å²) >= 11 is 0. The van der Waals surface area contributed by atoms with Gasteiger partial charge < -0.3 is 5.32 Å². The van der Waals surface area contributed by atoms with Crippen LogP contribution in [0.15, 0.2) is 29.7 Å². The Kier molecular flexibility index (Phi) is 2.86. The minimum absolute atomic E-state index is 0.0502. The summed E-state index contributed by atoms with van der Waals surface area (Å²) in [7, 11) is -3.14. The fraction of sp³-hybridized carbons (Fsp3) is 0.182. The van der Waals surface area contributed by atoms with Gasteiger partial charge in [-0.2, -0.15) is 5.26 Å². The van der Waals surface area contributed by atoms with Crippen LogP contribution in [0.2, 0.25) is 0 Å². The van der Waals surface area contributed by atoms with E-state index < -0.39 is 15.7 Å². The van der Waals surface area contributed by atoms with Gasteiger partial charge in [-0.1, -0.05) is 6.08 Å². The molecule has 1 heterocycles. The second-order valence-corrected chi connectivity index (χ2v) is 5.68. The number of sulfone groups is 1. The summed E-state index contributed by atoms with van der Waals surface area (Å²) in [5.74, 6) is -0.581. The van der Waals surface area contributed by atoms with E-state index in [1.165, 1.54) is 18.2 Å². The molecule has 1 unspecified atom stereocenters. The zero-order valence-corrected chi connectivity index (χ0v) is 9.54. The Morgan fingerprint density at radius 2 is 2.18 bits per heavy atom. The van der Waals surface area contributed by atoms with Gasteiger partial charge >= 0.3 is 0 Å². The molecule has 1 atom stereocenters. The summed E-state index contributed by atoms with van der Waals surface area (Å²) in [4.78, 5) is 0. The number of hydrogen-bond acceptors (Lipinski definition) is 4. The quantitative estimate of drug-likeness (QED) is 0.864. The third-order valence-corrected chi connectivity index (χ3v) is 3.70. The predicted molar refractivity (Wildman–Crippen MR) is 61.5 cm³/mol. The molecule has 88 valence electrons. The highest BCUT2D eigenvalue weighted by Crippen LogP contribution is 2.18. The molecule has 2 rings (SSSR count). The molecule has 17 heavy (non-hydrogen) atoms. The van der Waals surface area contributed by atoms with Crippen LogP contribution in [0.1, 0.15) is 5.56 Å². The normalized spacial score (nSPS) is 21.1. The molecule has 1 N–H and O–H groups in total. The second kappa shape index (κ2) is 4.18. The molecule has 0 saturated heterocycles. The Hall–Kier alpha value is -1.87. The predicted octanol–water partition coefficient (Wildman–Crippen LogP) is 1.42. The van der Waals surface area contributed by atoms with Crippen LogP contribution in [0.5, 0.6) is 0 Å². The van der Waals surface area contributed by atoms with Crippen molar-refractivity contribution < 1.29 is 12.8 Å². The summed E-state index contributed by atoms with van der Waals surface area (Å²) in [6, 6.07) is 5.27. The van der Waals surface area contributed by atoms with E-state index >= 15 is 0 Å². The van der Waals surface area contributed by atoms with Gasteiger partial charge in [0.15, 0.2) is 9.84 Å². The lowest BCUT2D eigenvalue weighted by Crippen LogP contribution is -2.20. The minimum atomic E-state index is -3.14. The van der Waals surface area contributed by atoms with Crippen molar-refractivity contribution in [2.24, 2.45) is 0 Å². The van der Waals surface area contributed by atoms with Gasteiger partial charge in [-0.3, -0.25) is 0 Å². The first kappa shape index (κ1) is 11.6. The van der Waals surface area contributed by atoms with Crippen LogP contribution in [0.25, 0.3) is 0 Å². The highest BCUT2D eigenvalue weighted by atomic mass is 32.2. The van der Waals surface area contributed by atoms with E-state index in [0.717, 1.165) is 11.5 Å². The van der Waals surface area contributed by atoms with Crippen LogP contribution < -0.4 is 5.32 Å². The standard InChI is InChI=1S/C11H9FN2O2S/c12-9-3-8(6-13)4-11(5-9)14-10-1-2-17(15,16)7-10/h1-5,10,14H,7H2. The molecule has 0 aliphatic carbocycles. The van der Waals surface area contributed by atoms with E-state index in [4.69, 9.17) is 5.26 Å². The van der Waals surface area contributed by atoms with Crippen molar-refractivity contribution in [3.8, 4) is 6.07 Å². The van der Waals surface area contributed by atoms with Crippen LogP contribution in [-0.2, 0) is 9.84 Å². The van der Waals surface area contributed by atoms with Crippen molar-refractivity contribution in [3.05, 3.63) is 41.1 Å². The summed E-state index contributed by atoms with van der Waals surface area (Å²) in [6.07, 6.45) is 1.51. The summed E-state index contributed by atoms with van der Waals surface area (Å²) < 4.78 is 35.4. The van der Waals surface area contributed by atoms with Crippen LogP contribution in [0.4, 0.5) is 10.1 Å². The zero-order valence-electron chi connectivity index (χ0n) is 8.72. The van der Waals surface area contributed by atoms with Gasteiger partial charge in [-0.25, -0.2) is 12.8 Å². The molecule has 0 aromatic heterocycles. The average Bonchev–Trinajstić information content (AvgIpc) is 2.57. The number of halogens is 1. The van der Waals surface area contributed by atoms with Crippen LogP contribution in [-0.4, -0.2) is 20.2 Å². The Morgan fingerprint density at radius 1 is 1.41 bits per heavy atom. The van der Waals surface area contributed by atoms with Gasteiger partial charge in [0.2, 0.25) is 0 Å². The van der Waals surface area contributed by atoms with Gasteiger partial charge in [-0.15, -0.1) is 0 Å². The van der Waals surface area contributed by atoms with Crippen molar-refractivity contribution in [1.29, 1.82) is 5.26 Å². The van der Waals surface area contributed by atoms with E-state index in [9.17, 15) is 12.8 Å². The van der Waals surface area contributed by atoms with Gasteiger partial charge in [0.1, 0.15) is 5.82 Å². The monoisotopic (exact) mass is 252 g/mol. The largest absolute Gasteiger partial charge is 0.378 e. The van der Waals surface area contributed by atoms with Gasteiger partial charge in [0.05, 0.1) is 23.4 Å². The van der Waals surface area contributed by atoms with Crippen molar-refractivity contribution in [2.75, 3.05) is 11.1 Å². The maximum Gasteiger partial charge on any atom is 0.173 e. The molecule has 4 nitrogen and oxygen atoms in total. The van der Waals surface area contributed by atoms with Crippen LogP contribution >= 0.6 is 0 Å². The van der Waals surface area contributed by atoms with Crippen molar-refractivity contribution in [3.63, 3.8) is 0 Å². The first-order valence-electron chi connectivity index (χ1n) is 4.87. The molecule has 0 spiro atoms. The van der Waals surface area contributed by atoms with Crippen molar-refractivity contribution in [2.45, 2.75) is 6.04 Å². The lowest BCUT2D eigenvalue weighted by molar-refractivity contribution is 0.605. The molecule has 0 fully saturated rings. The van der Waals surface area contributed by atoms with Crippen molar-refractivity contribution >= 4 is 15.5 Å². The Morgan fingerprint density at radius 3 is 2.76 bits per heavy atom. The summed E-state index contributed by atoms with van der Waals surface area (Å²) in [5, 5.41) is 12.7. The highest BCUT2D eigenvalue weighted by molar-refractivity contribution is 7.94. The highest BCUT2D eigenvalue weighted by Gasteiger charge is 2.21. The van der Waals surface area contributed by atoms with E-state index in [0.29, 0.717) is 5.69 Å². The molecule has 1 aliphatic rings. The SMILES string of the molecule is N#Cc1cc(F)cc(NC2C=CS(=O)(=O)C2)c1. The lowest BCUT2D eigenvalue weighted by Gasteiger charge is -2.11. The molecule has 1 aromatic carbocycles. The van der Waals surface area contributed by atoms with Gasteiger partial charge in [0.25, 0.3) is 0 Å². The van der Waals surface area contributed by atoms with E-state index in [-0.39, 0.29) is 17.4 Å².